The molecular weight excluding hydrogens is 260 g/mol. The molecule has 0 atom stereocenters. The molecule has 0 radical (unpaired) electrons. The molecule has 0 aliphatic carbocycles. The van der Waals surface area contributed by atoms with Crippen molar-refractivity contribution in [2.75, 3.05) is 5.73 Å². The van der Waals surface area contributed by atoms with E-state index in [-0.39, 0.29) is 22.1 Å². The van der Waals surface area contributed by atoms with E-state index < -0.39 is 19.9 Å². The van der Waals surface area contributed by atoms with Crippen LogP contribution in [-0.2, 0) is 10.1 Å². The van der Waals surface area contributed by atoms with Crippen molar-refractivity contribution in [3.63, 3.8) is 0 Å². The summed E-state index contributed by atoms with van der Waals surface area (Å²) >= 11 is 0. The zero-order valence-corrected chi connectivity index (χ0v) is 9.72. The van der Waals surface area contributed by atoms with Gasteiger partial charge in [-0.1, -0.05) is 12.1 Å². The molecule has 0 aromatic heterocycles. The molecule has 94 valence electrons. The van der Waals surface area contributed by atoms with E-state index >= 15 is 0 Å². The number of hydrogen-bond donors (Lipinski definition) is 2. The number of non-ortho nitro benzene ring substituents is 1. The van der Waals surface area contributed by atoms with Gasteiger partial charge in [0, 0.05) is 11.5 Å². The summed E-state index contributed by atoms with van der Waals surface area (Å²) in [5.74, 6) is 0. The van der Waals surface area contributed by atoms with Crippen molar-refractivity contribution in [1.82, 2.24) is 0 Å². The van der Waals surface area contributed by atoms with Gasteiger partial charge in [-0.3, -0.25) is 14.7 Å². The topological polar surface area (TPSA) is 124 Å². The molecule has 18 heavy (non-hydrogen) atoms. The van der Waals surface area contributed by atoms with Crippen LogP contribution in [0.4, 0.5) is 11.4 Å². The molecule has 2 aromatic rings. The Morgan fingerprint density at radius 3 is 2.39 bits per heavy atom. The number of nitrogens with two attached hydrogens (primary N) is 1. The molecule has 2 rings (SSSR count). The number of anilines is 1. The van der Waals surface area contributed by atoms with Crippen molar-refractivity contribution < 1.29 is 17.9 Å². The predicted octanol–water partition coefficient (Wildman–Crippen LogP) is 1.58. The van der Waals surface area contributed by atoms with Gasteiger partial charge in [-0.05, 0) is 12.1 Å². The smallest absolute Gasteiger partial charge is 0.296 e. The number of fused-ring (bicyclic) bond motifs is 1. The van der Waals surface area contributed by atoms with Gasteiger partial charge in [0.25, 0.3) is 15.8 Å². The third kappa shape index (κ3) is 1.87. The second kappa shape index (κ2) is 3.93. The Labute approximate surface area is 102 Å². The van der Waals surface area contributed by atoms with Crippen molar-refractivity contribution in [3.8, 4) is 0 Å². The zero-order valence-electron chi connectivity index (χ0n) is 8.90. The van der Waals surface area contributed by atoms with Crippen LogP contribution in [0.2, 0.25) is 0 Å². The highest BCUT2D eigenvalue weighted by Crippen LogP contribution is 2.33. The van der Waals surface area contributed by atoms with E-state index in [1.54, 1.807) is 0 Å². The van der Waals surface area contributed by atoms with Crippen LogP contribution in [0.3, 0.4) is 0 Å². The second-order valence-electron chi connectivity index (χ2n) is 3.58. The summed E-state index contributed by atoms with van der Waals surface area (Å²) in [4.78, 5) is 9.75. The monoisotopic (exact) mass is 268 g/mol. The molecule has 7 nitrogen and oxygen atoms in total. The van der Waals surface area contributed by atoms with Crippen LogP contribution in [0.5, 0.6) is 0 Å². The lowest BCUT2D eigenvalue weighted by molar-refractivity contribution is -0.383. The maximum absolute atomic E-state index is 11.1. The third-order valence-corrected chi connectivity index (χ3v) is 3.43. The Morgan fingerprint density at radius 2 is 1.83 bits per heavy atom. The minimum atomic E-state index is -4.45. The van der Waals surface area contributed by atoms with Crippen LogP contribution in [0.1, 0.15) is 0 Å². The SMILES string of the molecule is Nc1c(S(=O)(=O)O)ccc2c([N+](=O)[O-])cccc12. The quantitative estimate of drug-likeness (QED) is 0.369. The lowest BCUT2D eigenvalue weighted by Crippen LogP contribution is -2.04. The zero-order chi connectivity index (χ0) is 13.5. The van der Waals surface area contributed by atoms with Crippen LogP contribution < -0.4 is 5.73 Å². The summed E-state index contributed by atoms with van der Waals surface area (Å²) in [7, 11) is -4.45. The van der Waals surface area contributed by atoms with Gasteiger partial charge in [-0.25, -0.2) is 0 Å². The minimum absolute atomic E-state index is 0.180. The molecule has 0 saturated carbocycles. The van der Waals surface area contributed by atoms with Gasteiger partial charge in [0.1, 0.15) is 4.90 Å². The fourth-order valence-corrected chi connectivity index (χ4v) is 2.36. The van der Waals surface area contributed by atoms with E-state index in [1.807, 2.05) is 0 Å². The summed E-state index contributed by atoms with van der Waals surface area (Å²) in [6, 6.07) is 6.42. The highest BCUT2D eigenvalue weighted by Gasteiger charge is 2.19. The molecule has 3 N–H and O–H groups in total. The maximum atomic E-state index is 11.1. The van der Waals surface area contributed by atoms with Gasteiger partial charge in [0.15, 0.2) is 0 Å². The van der Waals surface area contributed by atoms with Gasteiger partial charge in [0.2, 0.25) is 0 Å². The van der Waals surface area contributed by atoms with Crippen LogP contribution in [0.25, 0.3) is 10.8 Å². The van der Waals surface area contributed by atoms with Gasteiger partial charge >= 0.3 is 0 Å². The molecule has 0 saturated heterocycles. The Hall–Kier alpha value is -2.19. The number of benzene rings is 2. The van der Waals surface area contributed by atoms with Gasteiger partial charge in [-0.15, -0.1) is 0 Å². The van der Waals surface area contributed by atoms with Gasteiger partial charge in [-0.2, -0.15) is 8.42 Å². The fraction of sp³-hybridized carbons (Fsp3) is 0. The van der Waals surface area contributed by atoms with E-state index in [2.05, 4.69) is 0 Å². The van der Waals surface area contributed by atoms with E-state index in [0.717, 1.165) is 6.07 Å². The molecule has 8 heteroatoms. The normalized spacial score (nSPS) is 11.6. The van der Waals surface area contributed by atoms with Crippen LogP contribution in [0, 0.1) is 10.1 Å². The maximum Gasteiger partial charge on any atom is 0.296 e. The highest BCUT2D eigenvalue weighted by molar-refractivity contribution is 7.86. The molecule has 0 aliphatic rings. The average Bonchev–Trinajstić information content (AvgIpc) is 2.27. The molecule has 0 unspecified atom stereocenters. The Morgan fingerprint density at radius 1 is 1.17 bits per heavy atom. The first kappa shape index (κ1) is 12.3. The summed E-state index contributed by atoms with van der Waals surface area (Å²) in [5, 5.41) is 11.2. The van der Waals surface area contributed by atoms with E-state index in [4.69, 9.17) is 10.3 Å². The van der Waals surface area contributed by atoms with Crippen molar-refractivity contribution in [2.45, 2.75) is 4.90 Å². The van der Waals surface area contributed by atoms with Gasteiger partial charge in [0.05, 0.1) is 16.0 Å². The molecular formula is C10H8N2O5S. The summed E-state index contributed by atoms with van der Waals surface area (Å²) < 4.78 is 31.1. The van der Waals surface area contributed by atoms with Gasteiger partial charge < -0.3 is 5.73 Å². The summed E-state index contributed by atoms with van der Waals surface area (Å²) in [6.07, 6.45) is 0. The van der Waals surface area contributed by atoms with Crippen LogP contribution in [-0.4, -0.2) is 17.9 Å². The van der Waals surface area contributed by atoms with Crippen molar-refractivity contribution in [1.29, 1.82) is 0 Å². The van der Waals surface area contributed by atoms with E-state index in [0.29, 0.717) is 0 Å². The Balaban J connectivity index is 2.90. The first-order valence-corrected chi connectivity index (χ1v) is 6.19. The first-order chi connectivity index (χ1) is 8.32. The highest BCUT2D eigenvalue weighted by atomic mass is 32.2. The number of nitrogen functional groups attached to an aromatic ring is 1. The molecule has 0 heterocycles. The molecule has 0 spiro atoms. The largest absolute Gasteiger partial charge is 0.397 e. The predicted molar refractivity (Wildman–Crippen MR) is 64.8 cm³/mol. The standard InChI is InChI=1S/C10H8N2O5S/c11-10-7-2-1-3-8(12(13)14)6(7)4-5-9(10)18(15,16)17/h1-5H,11H2,(H,15,16,17). The number of hydrogen-bond acceptors (Lipinski definition) is 5. The number of nitro groups is 1. The second-order valence-corrected chi connectivity index (χ2v) is 4.97. The van der Waals surface area contributed by atoms with Crippen molar-refractivity contribution >= 4 is 32.3 Å². The molecule has 0 bridgehead atoms. The minimum Gasteiger partial charge on any atom is -0.397 e. The number of nitrogens with zero attached hydrogens (tertiary/aromatic N) is 1. The Bertz CT molecular complexity index is 754. The number of nitro benzene ring substituents is 1. The Kier molecular flexibility index (Phi) is 2.68. The van der Waals surface area contributed by atoms with Crippen LogP contribution >= 0.6 is 0 Å². The van der Waals surface area contributed by atoms with E-state index in [1.165, 1.54) is 24.3 Å². The lowest BCUT2D eigenvalue weighted by atomic mass is 10.1. The molecule has 2 aromatic carbocycles. The van der Waals surface area contributed by atoms with Crippen LogP contribution in [0.15, 0.2) is 35.2 Å². The molecule has 0 amide bonds. The van der Waals surface area contributed by atoms with Crippen molar-refractivity contribution in [2.24, 2.45) is 0 Å². The molecule has 0 aliphatic heterocycles. The van der Waals surface area contributed by atoms with E-state index in [9.17, 15) is 18.5 Å². The lowest BCUT2D eigenvalue weighted by Gasteiger charge is -2.06. The van der Waals surface area contributed by atoms with Crippen molar-refractivity contribution in [3.05, 3.63) is 40.4 Å². The fourth-order valence-electron chi connectivity index (χ4n) is 1.73. The number of rotatable bonds is 2. The average molecular weight is 268 g/mol. The summed E-state index contributed by atoms with van der Waals surface area (Å²) in [5.41, 5.74) is 5.22. The third-order valence-electron chi connectivity index (χ3n) is 2.51. The summed E-state index contributed by atoms with van der Waals surface area (Å²) in [6.45, 7) is 0. The first-order valence-electron chi connectivity index (χ1n) is 4.75. The molecule has 0 fully saturated rings.